The summed E-state index contributed by atoms with van der Waals surface area (Å²) in [4.78, 5) is 17.4. The molecule has 1 saturated carbocycles. The molecule has 1 saturated heterocycles. The van der Waals surface area contributed by atoms with Crippen molar-refractivity contribution in [2.45, 2.75) is 56.7 Å². The molecule has 14 heteroatoms. The van der Waals surface area contributed by atoms with Gasteiger partial charge in [-0.2, -0.15) is 13.2 Å². The number of halogens is 6. The highest BCUT2D eigenvalue weighted by molar-refractivity contribution is 5.90. The molecular formula is C20H21F6N5O3. The maximum Gasteiger partial charge on any atom is 0.522 e. The average molecular weight is 493 g/mol. The van der Waals surface area contributed by atoms with E-state index in [4.69, 9.17) is 4.42 Å². The SMILES string of the molecule is O=C(CC1CCN(c2nnc(C3CC(OC(F)(F)F)C3)o2)CC1)Nc1ccc(C(F)(F)F)nc1. The Hall–Kier alpha value is -2.90. The molecule has 2 aromatic rings. The number of nitrogens with one attached hydrogen (secondary N) is 1. The Morgan fingerprint density at radius 1 is 1.12 bits per heavy atom. The molecule has 34 heavy (non-hydrogen) atoms. The van der Waals surface area contributed by atoms with E-state index in [0.29, 0.717) is 25.9 Å². The van der Waals surface area contributed by atoms with E-state index >= 15 is 0 Å². The second-order valence-corrected chi connectivity index (χ2v) is 8.39. The third kappa shape index (κ3) is 6.15. The van der Waals surface area contributed by atoms with Crippen LogP contribution >= 0.6 is 0 Å². The first-order valence-corrected chi connectivity index (χ1v) is 10.6. The van der Waals surface area contributed by atoms with Crippen LogP contribution in [0.5, 0.6) is 0 Å². The van der Waals surface area contributed by atoms with Gasteiger partial charge in [-0.1, -0.05) is 5.10 Å². The number of aromatic nitrogens is 3. The van der Waals surface area contributed by atoms with Crippen molar-refractivity contribution in [3.05, 3.63) is 29.9 Å². The first-order chi connectivity index (χ1) is 16.0. The summed E-state index contributed by atoms with van der Waals surface area (Å²) in [6.45, 7) is 1.10. The summed E-state index contributed by atoms with van der Waals surface area (Å²) in [5.74, 6) is -0.244. The Morgan fingerprint density at radius 2 is 1.82 bits per heavy atom. The summed E-state index contributed by atoms with van der Waals surface area (Å²) in [5, 5.41) is 10.5. The van der Waals surface area contributed by atoms with E-state index in [1.807, 2.05) is 4.90 Å². The number of alkyl halides is 6. The molecule has 0 spiro atoms. The lowest BCUT2D eigenvalue weighted by atomic mass is 9.82. The minimum absolute atomic E-state index is 0.0629. The smallest absolute Gasteiger partial charge is 0.408 e. The summed E-state index contributed by atoms with van der Waals surface area (Å²) in [6.07, 6.45) is -7.31. The van der Waals surface area contributed by atoms with Gasteiger partial charge in [-0.15, -0.1) is 18.3 Å². The third-order valence-electron chi connectivity index (χ3n) is 5.87. The molecule has 2 aromatic heterocycles. The van der Waals surface area contributed by atoms with Gasteiger partial charge in [0.15, 0.2) is 0 Å². The number of rotatable bonds is 6. The first-order valence-electron chi connectivity index (χ1n) is 10.6. The number of nitrogens with zero attached hydrogens (tertiary/aromatic N) is 4. The summed E-state index contributed by atoms with van der Waals surface area (Å²) in [5.41, 5.74) is -0.846. The first kappa shape index (κ1) is 24.2. The van der Waals surface area contributed by atoms with E-state index < -0.39 is 24.3 Å². The predicted molar refractivity (Wildman–Crippen MR) is 105 cm³/mol. The van der Waals surface area contributed by atoms with Gasteiger partial charge in [0.25, 0.3) is 0 Å². The minimum Gasteiger partial charge on any atom is -0.408 e. The fraction of sp³-hybridized carbons (Fsp3) is 0.600. The molecule has 2 aliphatic rings. The Bertz CT molecular complexity index is 980. The predicted octanol–water partition coefficient (Wildman–Crippen LogP) is 4.51. The van der Waals surface area contributed by atoms with Gasteiger partial charge in [0.05, 0.1) is 18.0 Å². The maximum absolute atomic E-state index is 12.6. The van der Waals surface area contributed by atoms with Gasteiger partial charge in [0.2, 0.25) is 11.8 Å². The standard InChI is InChI=1S/C20H21F6N5O3/c21-19(22,23)15-2-1-13(10-27-15)28-16(32)7-11-3-5-31(6-4-11)18-30-29-17(33-18)12-8-14(9-12)34-20(24,25)26/h1-2,10-12,14H,3-9H2,(H,28,32). The second-order valence-electron chi connectivity index (χ2n) is 8.39. The summed E-state index contributed by atoms with van der Waals surface area (Å²) < 4.78 is 84.0. The lowest BCUT2D eigenvalue weighted by molar-refractivity contribution is -0.352. The zero-order valence-electron chi connectivity index (χ0n) is 17.7. The highest BCUT2D eigenvalue weighted by atomic mass is 19.4. The van der Waals surface area contributed by atoms with Gasteiger partial charge >= 0.3 is 18.6 Å². The molecule has 3 heterocycles. The number of pyridine rings is 1. The summed E-state index contributed by atoms with van der Waals surface area (Å²) in [7, 11) is 0. The van der Waals surface area contributed by atoms with Crippen molar-refractivity contribution >= 4 is 17.6 Å². The molecule has 1 aliphatic heterocycles. The number of carbonyl (C=O) groups is 1. The highest BCUT2D eigenvalue weighted by Crippen LogP contribution is 2.41. The van der Waals surface area contributed by atoms with E-state index in [1.165, 1.54) is 0 Å². The van der Waals surface area contributed by atoms with Gasteiger partial charge < -0.3 is 14.6 Å². The van der Waals surface area contributed by atoms with Crippen LogP contribution in [0.2, 0.25) is 0 Å². The highest BCUT2D eigenvalue weighted by Gasteiger charge is 2.42. The van der Waals surface area contributed by atoms with Crippen LogP contribution in [0.15, 0.2) is 22.7 Å². The van der Waals surface area contributed by atoms with Crippen molar-refractivity contribution in [3.63, 3.8) is 0 Å². The molecule has 1 N–H and O–H groups in total. The quantitative estimate of drug-likeness (QED) is 0.592. The number of hydrogen-bond donors (Lipinski definition) is 1. The van der Waals surface area contributed by atoms with E-state index in [0.717, 1.165) is 18.3 Å². The van der Waals surface area contributed by atoms with Crippen molar-refractivity contribution in [1.82, 2.24) is 15.2 Å². The fourth-order valence-electron chi connectivity index (χ4n) is 4.01. The molecule has 2 fully saturated rings. The van der Waals surface area contributed by atoms with Crippen LogP contribution in [-0.4, -0.2) is 46.6 Å². The Morgan fingerprint density at radius 3 is 2.41 bits per heavy atom. The van der Waals surface area contributed by atoms with Crippen LogP contribution in [0.4, 0.5) is 38.0 Å². The number of ether oxygens (including phenoxy) is 1. The molecule has 0 unspecified atom stereocenters. The summed E-state index contributed by atoms with van der Waals surface area (Å²) in [6, 6.07) is 2.25. The molecule has 8 nitrogen and oxygen atoms in total. The number of carbonyl (C=O) groups excluding carboxylic acids is 1. The molecular weight excluding hydrogens is 472 g/mol. The topological polar surface area (TPSA) is 93.4 Å². The third-order valence-corrected chi connectivity index (χ3v) is 5.87. The van der Waals surface area contributed by atoms with E-state index in [-0.39, 0.29) is 54.6 Å². The minimum atomic E-state index is -4.66. The lowest BCUT2D eigenvalue weighted by Gasteiger charge is -2.33. The van der Waals surface area contributed by atoms with Crippen LogP contribution in [0.25, 0.3) is 0 Å². The fourth-order valence-corrected chi connectivity index (χ4v) is 4.01. The maximum atomic E-state index is 12.6. The van der Waals surface area contributed by atoms with E-state index in [2.05, 4.69) is 25.2 Å². The molecule has 4 rings (SSSR count). The van der Waals surface area contributed by atoms with Crippen molar-refractivity contribution in [1.29, 1.82) is 0 Å². The lowest BCUT2D eigenvalue weighted by Crippen LogP contribution is -2.35. The molecule has 186 valence electrons. The van der Waals surface area contributed by atoms with Crippen LogP contribution in [-0.2, 0) is 15.7 Å². The molecule has 0 aromatic carbocycles. The zero-order valence-corrected chi connectivity index (χ0v) is 17.7. The molecule has 0 bridgehead atoms. The monoisotopic (exact) mass is 493 g/mol. The van der Waals surface area contributed by atoms with E-state index in [9.17, 15) is 31.1 Å². The van der Waals surface area contributed by atoms with Crippen LogP contribution in [0, 0.1) is 5.92 Å². The zero-order chi connectivity index (χ0) is 24.5. The van der Waals surface area contributed by atoms with Crippen molar-refractivity contribution in [3.8, 4) is 0 Å². The van der Waals surface area contributed by atoms with Gasteiger partial charge in [0.1, 0.15) is 5.69 Å². The molecule has 0 atom stereocenters. The number of anilines is 2. The number of piperidine rings is 1. The van der Waals surface area contributed by atoms with Gasteiger partial charge in [0, 0.05) is 25.4 Å². The van der Waals surface area contributed by atoms with Crippen LogP contribution in [0.1, 0.15) is 49.6 Å². The number of hydrogen-bond acceptors (Lipinski definition) is 7. The Labute approximate surface area is 189 Å². The summed E-state index contributed by atoms with van der Waals surface area (Å²) >= 11 is 0. The Kier molecular flexibility index (Phi) is 6.69. The number of amides is 1. The van der Waals surface area contributed by atoms with Crippen molar-refractivity contribution < 1.29 is 40.3 Å². The average Bonchev–Trinajstić information content (AvgIpc) is 3.19. The second kappa shape index (κ2) is 9.39. The van der Waals surface area contributed by atoms with E-state index in [1.54, 1.807) is 0 Å². The normalized spacial score (nSPS) is 21.9. The van der Waals surface area contributed by atoms with Crippen LogP contribution < -0.4 is 10.2 Å². The molecule has 1 aliphatic carbocycles. The molecule has 1 amide bonds. The van der Waals surface area contributed by atoms with Gasteiger partial charge in [-0.25, -0.2) is 4.98 Å². The van der Waals surface area contributed by atoms with Crippen molar-refractivity contribution in [2.75, 3.05) is 23.3 Å². The Balaban J connectivity index is 1.20. The molecule has 0 radical (unpaired) electrons. The van der Waals surface area contributed by atoms with Gasteiger partial charge in [-0.05, 0) is 43.7 Å². The van der Waals surface area contributed by atoms with Gasteiger partial charge in [-0.3, -0.25) is 9.53 Å². The van der Waals surface area contributed by atoms with Crippen molar-refractivity contribution in [2.24, 2.45) is 5.92 Å². The van der Waals surface area contributed by atoms with Crippen LogP contribution in [0.3, 0.4) is 0 Å². The largest absolute Gasteiger partial charge is 0.522 e.